The molecular formula is C22H26N4O2. The van der Waals surface area contributed by atoms with Gasteiger partial charge in [-0.2, -0.15) is 5.10 Å². The van der Waals surface area contributed by atoms with Crippen LogP contribution in [0.25, 0.3) is 10.8 Å². The van der Waals surface area contributed by atoms with Crippen molar-refractivity contribution >= 4 is 16.7 Å². The molecule has 0 unspecified atom stereocenters. The first kappa shape index (κ1) is 18.5. The third-order valence-electron chi connectivity index (χ3n) is 5.81. The molecule has 1 amide bonds. The molecule has 0 aliphatic carbocycles. The molecule has 0 saturated carbocycles. The first-order valence-electron chi connectivity index (χ1n) is 9.84. The van der Waals surface area contributed by atoms with Crippen LogP contribution in [-0.4, -0.2) is 38.2 Å². The van der Waals surface area contributed by atoms with Crippen molar-refractivity contribution < 1.29 is 4.79 Å². The number of hydrogen-bond donors (Lipinski definition) is 0. The molecular weight excluding hydrogens is 352 g/mol. The number of benzene rings is 1. The molecule has 3 heterocycles. The predicted octanol–water partition coefficient (Wildman–Crippen LogP) is 2.79. The number of carbonyl (C=O) groups is 1. The largest absolute Gasteiger partial charge is 0.343 e. The second-order valence-electron chi connectivity index (χ2n) is 7.73. The third-order valence-corrected chi connectivity index (χ3v) is 5.81. The highest BCUT2D eigenvalue weighted by molar-refractivity contribution is 5.87. The van der Waals surface area contributed by atoms with Crippen LogP contribution in [0.2, 0.25) is 0 Å². The third kappa shape index (κ3) is 3.23. The Hall–Kier alpha value is -2.89. The molecule has 4 rings (SSSR count). The minimum absolute atomic E-state index is 0.0103. The van der Waals surface area contributed by atoms with Gasteiger partial charge < -0.3 is 9.47 Å². The maximum Gasteiger partial charge on any atom is 0.276 e. The number of aryl methyl sites for hydroxylation is 3. The van der Waals surface area contributed by atoms with Gasteiger partial charge in [0.25, 0.3) is 5.56 Å². The SMILES string of the molecule is Cc1ccc(Cn2c(C)c3cnn(CC(=O)N4CCCC4)c(=O)c3c2C)cc1. The smallest absolute Gasteiger partial charge is 0.276 e. The molecule has 1 saturated heterocycles. The maximum atomic E-state index is 13.1. The normalized spacial score (nSPS) is 14.2. The molecule has 28 heavy (non-hydrogen) atoms. The number of fused-ring (bicyclic) bond motifs is 1. The van der Waals surface area contributed by atoms with Crippen LogP contribution in [0.15, 0.2) is 35.3 Å². The van der Waals surface area contributed by atoms with Crippen molar-refractivity contribution in [2.45, 2.75) is 46.7 Å². The molecule has 0 radical (unpaired) electrons. The molecule has 1 aliphatic rings. The zero-order chi connectivity index (χ0) is 19.8. The highest BCUT2D eigenvalue weighted by atomic mass is 16.2. The second-order valence-corrected chi connectivity index (χ2v) is 7.73. The zero-order valence-corrected chi connectivity index (χ0v) is 16.7. The van der Waals surface area contributed by atoms with E-state index in [2.05, 4.69) is 40.9 Å². The van der Waals surface area contributed by atoms with Crippen molar-refractivity contribution in [1.29, 1.82) is 0 Å². The first-order valence-corrected chi connectivity index (χ1v) is 9.84. The van der Waals surface area contributed by atoms with Crippen molar-refractivity contribution in [1.82, 2.24) is 19.2 Å². The number of nitrogens with zero attached hydrogens (tertiary/aromatic N) is 4. The van der Waals surface area contributed by atoms with E-state index in [9.17, 15) is 9.59 Å². The van der Waals surface area contributed by atoms with E-state index in [1.54, 1.807) is 6.20 Å². The van der Waals surface area contributed by atoms with E-state index in [4.69, 9.17) is 0 Å². The van der Waals surface area contributed by atoms with Gasteiger partial charge in [-0.1, -0.05) is 29.8 Å². The molecule has 146 valence electrons. The molecule has 0 spiro atoms. The molecule has 3 aromatic rings. The number of amides is 1. The molecule has 6 heteroatoms. The van der Waals surface area contributed by atoms with Gasteiger partial charge in [0.2, 0.25) is 5.91 Å². The van der Waals surface area contributed by atoms with Crippen molar-refractivity contribution in [3.63, 3.8) is 0 Å². The van der Waals surface area contributed by atoms with Crippen molar-refractivity contribution in [3.05, 3.63) is 63.3 Å². The number of rotatable bonds is 4. The fraction of sp³-hybridized carbons (Fsp3) is 0.409. The summed E-state index contributed by atoms with van der Waals surface area (Å²) in [5, 5.41) is 5.82. The second kappa shape index (κ2) is 7.26. The standard InChI is InChI=1S/C22H26N4O2/c1-15-6-8-18(9-7-15)13-25-16(2)19-12-23-26(22(28)21(19)17(25)3)14-20(27)24-10-4-5-11-24/h6-9,12H,4-5,10-11,13-14H2,1-3H3. The van der Waals surface area contributed by atoms with Crippen LogP contribution in [-0.2, 0) is 17.9 Å². The Morgan fingerprint density at radius 3 is 2.39 bits per heavy atom. The van der Waals surface area contributed by atoms with Crippen LogP contribution in [0.3, 0.4) is 0 Å². The van der Waals surface area contributed by atoms with Crippen LogP contribution >= 0.6 is 0 Å². The van der Waals surface area contributed by atoms with Gasteiger partial charge in [-0.15, -0.1) is 0 Å². The van der Waals surface area contributed by atoms with Gasteiger partial charge in [0.15, 0.2) is 0 Å². The minimum atomic E-state index is -0.187. The van der Waals surface area contributed by atoms with E-state index in [0.717, 1.165) is 42.7 Å². The first-order chi connectivity index (χ1) is 13.5. The van der Waals surface area contributed by atoms with E-state index in [1.165, 1.54) is 15.8 Å². The van der Waals surface area contributed by atoms with Gasteiger partial charge in [0, 0.05) is 36.4 Å². The maximum absolute atomic E-state index is 13.1. The Balaban J connectivity index is 1.70. The van der Waals surface area contributed by atoms with Crippen molar-refractivity contribution in [2.75, 3.05) is 13.1 Å². The minimum Gasteiger partial charge on any atom is -0.343 e. The van der Waals surface area contributed by atoms with Crippen LogP contribution in [0, 0.1) is 20.8 Å². The number of hydrogen-bond acceptors (Lipinski definition) is 3. The molecule has 1 aliphatic heterocycles. The average Bonchev–Trinajstić information content (AvgIpc) is 3.29. The quantitative estimate of drug-likeness (QED) is 0.701. The molecule has 0 N–H and O–H groups in total. The van der Waals surface area contributed by atoms with Gasteiger partial charge in [-0.3, -0.25) is 9.59 Å². The van der Waals surface area contributed by atoms with Crippen LogP contribution in [0.4, 0.5) is 0 Å². The summed E-state index contributed by atoms with van der Waals surface area (Å²) in [6, 6.07) is 8.43. The molecule has 2 aromatic heterocycles. The average molecular weight is 378 g/mol. The summed E-state index contributed by atoms with van der Waals surface area (Å²) in [5.41, 5.74) is 4.17. The van der Waals surface area contributed by atoms with Crippen LogP contribution in [0.1, 0.15) is 35.4 Å². The Morgan fingerprint density at radius 2 is 1.71 bits per heavy atom. The fourth-order valence-electron chi connectivity index (χ4n) is 4.07. The summed E-state index contributed by atoms with van der Waals surface area (Å²) in [4.78, 5) is 27.3. The molecule has 0 atom stereocenters. The Labute approximate surface area is 164 Å². The van der Waals surface area contributed by atoms with Gasteiger partial charge in [0.1, 0.15) is 6.54 Å². The number of likely N-dealkylation sites (tertiary alicyclic amines) is 1. The van der Waals surface area contributed by atoms with Crippen molar-refractivity contribution in [3.8, 4) is 0 Å². The lowest BCUT2D eigenvalue weighted by molar-refractivity contribution is -0.131. The Bertz CT molecular complexity index is 1090. The summed E-state index contributed by atoms with van der Waals surface area (Å²) in [7, 11) is 0. The topological polar surface area (TPSA) is 60.1 Å². The summed E-state index contributed by atoms with van der Waals surface area (Å²) in [6.45, 7) is 8.33. The van der Waals surface area contributed by atoms with E-state index in [0.29, 0.717) is 11.9 Å². The van der Waals surface area contributed by atoms with E-state index in [-0.39, 0.29) is 18.0 Å². The van der Waals surface area contributed by atoms with E-state index >= 15 is 0 Å². The Morgan fingerprint density at radius 1 is 1.04 bits per heavy atom. The van der Waals surface area contributed by atoms with Gasteiger partial charge >= 0.3 is 0 Å². The highest BCUT2D eigenvalue weighted by Gasteiger charge is 2.21. The lowest BCUT2D eigenvalue weighted by atomic mass is 10.1. The summed E-state index contributed by atoms with van der Waals surface area (Å²) < 4.78 is 3.47. The molecule has 1 aromatic carbocycles. The lowest BCUT2D eigenvalue weighted by Crippen LogP contribution is -2.35. The summed E-state index contributed by atoms with van der Waals surface area (Å²) >= 11 is 0. The monoisotopic (exact) mass is 378 g/mol. The number of carbonyl (C=O) groups excluding carboxylic acids is 1. The lowest BCUT2D eigenvalue weighted by Gasteiger charge is -2.15. The van der Waals surface area contributed by atoms with E-state index < -0.39 is 0 Å². The van der Waals surface area contributed by atoms with Gasteiger partial charge in [0.05, 0.1) is 11.6 Å². The highest BCUT2D eigenvalue weighted by Crippen LogP contribution is 2.23. The Kier molecular flexibility index (Phi) is 4.79. The molecule has 1 fully saturated rings. The molecule has 0 bridgehead atoms. The zero-order valence-electron chi connectivity index (χ0n) is 16.7. The van der Waals surface area contributed by atoms with E-state index in [1.807, 2.05) is 18.7 Å². The van der Waals surface area contributed by atoms with Crippen molar-refractivity contribution in [2.24, 2.45) is 0 Å². The van der Waals surface area contributed by atoms with Gasteiger partial charge in [-0.05, 0) is 39.2 Å². The predicted molar refractivity (Wildman–Crippen MR) is 110 cm³/mol. The summed E-state index contributed by atoms with van der Waals surface area (Å²) in [6.07, 6.45) is 3.79. The number of aromatic nitrogens is 3. The fourth-order valence-corrected chi connectivity index (χ4v) is 4.07. The van der Waals surface area contributed by atoms with Crippen LogP contribution in [0.5, 0.6) is 0 Å². The van der Waals surface area contributed by atoms with Gasteiger partial charge in [-0.25, -0.2) is 4.68 Å². The molecule has 6 nitrogen and oxygen atoms in total. The summed E-state index contributed by atoms with van der Waals surface area (Å²) in [5.74, 6) is -0.0279. The van der Waals surface area contributed by atoms with Crippen LogP contribution < -0.4 is 5.56 Å².